The maximum atomic E-state index is 12.8. The summed E-state index contributed by atoms with van der Waals surface area (Å²) in [5, 5.41) is 9.40. The summed E-state index contributed by atoms with van der Waals surface area (Å²) < 4.78 is 1.31. The van der Waals surface area contributed by atoms with Crippen molar-refractivity contribution in [1.29, 1.82) is 5.26 Å². The fraction of sp³-hybridized carbons (Fsp3) is 0.0588. The third kappa shape index (κ3) is 2.03. The number of hydrogen-bond donors (Lipinski definition) is 1. The number of nitrogens with two attached hydrogens (primary N) is 1. The molecule has 0 saturated carbocycles. The van der Waals surface area contributed by atoms with E-state index >= 15 is 0 Å². The minimum Gasteiger partial charge on any atom is -0.326 e. The maximum absolute atomic E-state index is 12.8. The fourth-order valence-corrected chi connectivity index (χ4v) is 2.84. The topological polar surface area (TPSA) is 102 Å². The Balaban J connectivity index is 0.00000169. The van der Waals surface area contributed by atoms with Crippen molar-refractivity contribution in [1.82, 2.24) is 9.55 Å². The predicted molar refractivity (Wildman–Crippen MR) is 90.6 cm³/mol. The van der Waals surface area contributed by atoms with Crippen LogP contribution < -0.4 is 11.3 Å². The minimum absolute atomic E-state index is 0. The van der Waals surface area contributed by atoms with Crippen LogP contribution in [-0.4, -0.2) is 15.3 Å². The van der Waals surface area contributed by atoms with Crippen LogP contribution >= 0.6 is 12.4 Å². The smallest absolute Gasteiger partial charge is 0.266 e. The summed E-state index contributed by atoms with van der Waals surface area (Å²) in [7, 11) is 0. The first-order chi connectivity index (χ1) is 11.1. The molecule has 3 aromatic rings. The number of rotatable bonds is 1. The number of aromatic nitrogens is 2. The van der Waals surface area contributed by atoms with Crippen molar-refractivity contribution in [3.8, 4) is 11.8 Å². The molecule has 7 heteroatoms. The number of halogens is 1. The first kappa shape index (κ1) is 15.9. The number of ketones is 1. The van der Waals surface area contributed by atoms with E-state index < -0.39 is 0 Å². The van der Waals surface area contributed by atoms with Crippen LogP contribution in [0.1, 0.15) is 27.3 Å². The van der Waals surface area contributed by atoms with Crippen LogP contribution in [-0.2, 0) is 6.54 Å². The van der Waals surface area contributed by atoms with Crippen molar-refractivity contribution in [2.75, 3.05) is 0 Å². The van der Waals surface area contributed by atoms with E-state index in [1.165, 1.54) is 10.6 Å². The number of nitriles is 1. The molecule has 118 valence electrons. The SMILES string of the molecule is Cl.N#Cc1ccc2c(c1)C(=O)c1nc3ccc(CN)cc3c(=O)n1-2. The van der Waals surface area contributed by atoms with Crippen molar-refractivity contribution < 1.29 is 4.79 Å². The third-order valence-corrected chi connectivity index (χ3v) is 3.98. The second-order valence-corrected chi connectivity index (χ2v) is 5.30. The molecule has 4 rings (SSSR count). The van der Waals surface area contributed by atoms with Gasteiger partial charge in [-0.3, -0.25) is 14.2 Å². The van der Waals surface area contributed by atoms with Gasteiger partial charge in [0.15, 0.2) is 5.82 Å². The standard InChI is InChI=1S/C17H10N4O2.ClH/c18-7-9-1-3-13-11(5-9)17(23)21-14-4-2-10(8-19)6-12(14)15(22)16(21)20-13;/h1-6H,7,18H2;1H. The van der Waals surface area contributed by atoms with Crippen LogP contribution in [0.15, 0.2) is 41.2 Å². The Morgan fingerprint density at radius 2 is 1.96 bits per heavy atom. The lowest BCUT2D eigenvalue weighted by Crippen LogP contribution is -2.21. The summed E-state index contributed by atoms with van der Waals surface area (Å²) in [6.07, 6.45) is 0. The summed E-state index contributed by atoms with van der Waals surface area (Å²) in [4.78, 5) is 29.7. The molecule has 0 aliphatic carbocycles. The van der Waals surface area contributed by atoms with Gasteiger partial charge >= 0.3 is 0 Å². The zero-order valence-corrected chi connectivity index (χ0v) is 13.1. The van der Waals surface area contributed by atoms with E-state index in [9.17, 15) is 9.59 Å². The van der Waals surface area contributed by atoms with Crippen molar-refractivity contribution in [3.63, 3.8) is 0 Å². The van der Waals surface area contributed by atoms with Crippen LogP contribution in [0.5, 0.6) is 0 Å². The highest BCUT2D eigenvalue weighted by Crippen LogP contribution is 2.27. The van der Waals surface area contributed by atoms with Crippen LogP contribution in [0.4, 0.5) is 0 Å². The van der Waals surface area contributed by atoms with Gasteiger partial charge in [-0.15, -0.1) is 12.4 Å². The lowest BCUT2D eigenvalue weighted by atomic mass is 10.1. The lowest BCUT2D eigenvalue weighted by molar-refractivity contribution is 0.103. The van der Waals surface area contributed by atoms with Gasteiger partial charge in [-0.1, -0.05) is 6.07 Å². The molecule has 6 nitrogen and oxygen atoms in total. The molecule has 0 unspecified atom stereocenters. The number of nitrogens with zero attached hydrogens (tertiary/aromatic N) is 3. The first-order valence-electron chi connectivity index (χ1n) is 6.99. The first-order valence-corrected chi connectivity index (χ1v) is 6.99. The Morgan fingerprint density at radius 3 is 2.67 bits per heavy atom. The summed E-state index contributed by atoms with van der Waals surface area (Å²) in [5.74, 6) is -0.271. The molecule has 1 aliphatic rings. The molecule has 0 spiro atoms. The van der Waals surface area contributed by atoms with Crippen molar-refractivity contribution >= 4 is 29.1 Å². The molecule has 0 radical (unpaired) electrons. The van der Waals surface area contributed by atoms with Gasteiger partial charge in [0.05, 0.1) is 33.8 Å². The molecule has 2 N–H and O–H groups in total. The van der Waals surface area contributed by atoms with E-state index in [2.05, 4.69) is 4.98 Å². The molecule has 0 amide bonds. The fourth-order valence-electron chi connectivity index (χ4n) is 2.84. The quantitative estimate of drug-likeness (QED) is 0.569. The highest BCUT2D eigenvalue weighted by Gasteiger charge is 2.30. The van der Waals surface area contributed by atoms with Crippen molar-refractivity contribution in [2.45, 2.75) is 6.54 Å². The van der Waals surface area contributed by atoms with Crippen LogP contribution in [0.3, 0.4) is 0 Å². The summed E-state index contributed by atoms with van der Waals surface area (Å²) >= 11 is 0. The van der Waals surface area contributed by atoms with Crippen molar-refractivity contribution in [3.05, 3.63) is 69.3 Å². The minimum atomic E-state index is -0.348. The molecule has 0 atom stereocenters. The molecule has 1 aromatic heterocycles. The molecule has 24 heavy (non-hydrogen) atoms. The number of benzene rings is 2. The second-order valence-electron chi connectivity index (χ2n) is 5.30. The number of carbonyl (C=O) groups excluding carboxylic acids is 1. The molecule has 2 aromatic carbocycles. The molecular weight excluding hydrogens is 328 g/mol. The van der Waals surface area contributed by atoms with Crippen LogP contribution in [0, 0.1) is 11.3 Å². The lowest BCUT2D eigenvalue weighted by Gasteiger charge is -2.06. The Hall–Kier alpha value is -3.01. The van der Waals surface area contributed by atoms with Gasteiger partial charge in [-0.2, -0.15) is 5.26 Å². The second kappa shape index (κ2) is 5.57. The van der Waals surface area contributed by atoms with Gasteiger partial charge in [0, 0.05) is 6.54 Å². The summed E-state index contributed by atoms with van der Waals surface area (Å²) in [6, 6.07) is 11.8. The molecule has 0 fully saturated rings. The molecule has 1 aliphatic heterocycles. The Labute approximate surface area is 142 Å². The van der Waals surface area contributed by atoms with Gasteiger partial charge in [-0.25, -0.2) is 4.98 Å². The zero-order valence-electron chi connectivity index (χ0n) is 12.3. The van der Waals surface area contributed by atoms with Gasteiger partial charge < -0.3 is 5.73 Å². The van der Waals surface area contributed by atoms with E-state index in [0.29, 0.717) is 34.3 Å². The molecule has 0 bridgehead atoms. The average Bonchev–Trinajstić information content (AvgIpc) is 2.87. The van der Waals surface area contributed by atoms with E-state index in [0.717, 1.165) is 5.56 Å². The Bertz CT molecular complexity index is 1110. The Kier molecular flexibility index (Phi) is 3.68. The zero-order chi connectivity index (χ0) is 16.1. The van der Waals surface area contributed by atoms with E-state index in [1.54, 1.807) is 30.3 Å². The summed E-state index contributed by atoms with van der Waals surface area (Å²) in [6.45, 7) is 0.318. The van der Waals surface area contributed by atoms with Gasteiger partial charge in [0.1, 0.15) is 0 Å². The number of carbonyl (C=O) groups is 1. The number of hydrogen-bond acceptors (Lipinski definition) is 5. The highest BCUT2D eigenvalue weighted by molar-refractivity contribution is 6.13. The number of fused-ring (bicyclic) bond motifs is 4. The van der Waals surface area contributed by atoms with E-state index in [-0.39, 0.29) is 29.6 Å². The normalized spacial score (nSPS) is 11.6. The maximum Gasteiger partial charge on any atom is 0.266 e. The van der Waals surface area contributed by atoms with Crippen LogP contribution in [0.25, 0.3) is 16.6 Å². The highest BCUT2D eigenvalue weighted by atomic mass is 35.5. The molecule has 2 heterocycles. The van der Waals surface area contributed by atoms with E-state index in [1.807, 2.05) is 6.07 Å². The summed E-state index contributed by atoms with van der Waals surface area (Å²) in [5.41, 5.74) is 7.74. The molecular formula is C17H11ClN4O2. The Morgan fingerprint density at radius 1 is 1.17 bits per heavy atom. The van der Waals surface area contributed by atoms with Crippen LogP contribution in [0.2, 0.25) is 0 Å². The molecule has 0 saturated heterocycles. The van der Waals surface area contributed by atoms with Gasteiger partial charge in [-0.05, 0) is 35.9 Å². The van der Waals surface area contributed by atoms with Gasteiger partial charge in [0.25, 0.3) is 5.56 Å². The third-order valence-electron chi connectivity index (χ3n) is 3.98. The van der Waals surface area contributed by atoms with Crippen molar-refractivity contribution in [2.24, 2.45) is 5.73 Å². The largest absolute Gasteiger partial charge is 0.326 e. The predicted octanol–water partition coefficient (Wildman–Crippen LogP) is 1.68. The average molecular weight is 339 g/mol. The van der Waals surface area contributed by atoms with E-state index in [4.69, 9.17) is 11.0 Å². The van der Waals surface area contributed by atoms with Gasteiger partial charge in [0.2, 0.25) is 5.78 Å². The monoisotopic (exact) mass is 338 g/mol.